The predicted molar refractivity (Wildman–Crippen MR) is 65.4 cm³/mol. The number of nitrogens with one attached hydrogen (secondary N) is 1. The number of benzene rings is 1. The Balaban J connectivity index is 2.23. The van der Waals surface area contributed by atoms with Crippen molar-refractivity contribution >= 4 is 17.5 Å². The Morgan fingerprint density at radius 3 is 2.26 bits per heavy atom. The Kier molecular flexibility index (Phi) is 2.40. The molecule has 2 N–H and O–H groups in total. The Morgan fingerprint density at radius 2 is 1.63 bits per heavy atom. The number of aliphatic hydroxyl groups is 1. The van der Waals surface area contributed by atoms with E-state index in [1.54, 1.807) is 31.2 Å². The molecule has 0 radical (unpaired) electrons. The molecule has 0 saturated carbocycles. The van der Waals surface area contributed by atoms with Crippen LogP contribution in [-0.4, -0.2) is 28.7 Å². The van der Waals surface area contributed by atoms with Crippen LogP contribution in [-0.2, 0) is 4.79 Å². The molecule has 1 aliphatic heterocycles. The normalized spacial score (nSPS) is 25.9. The van der Waals surface area contributed by atoms with Crippen LogP contribution in [0.2, 0.25) is 0 Å². The van der Waals surface area contributed by atoms with E-state index in [4.69, 9.17) is 0 Å². The average molecular weight is 257 g/mol. The quantitative estimate of drug-likeness (QED) is 0.706. The molecule has 3 rings (SSSR count). The standard InChI is InChI=1S/C14H11NO4/c1-6-9-10(15-14(19)11(6)16)13(18)8-5-3-2-4-7(8)12(9)17/h2-6,11,16H,1H3,(H,15,19)/t6-,11-/m0/s1. The van der Waals surface area contributed by atoms with Crippen LogP contribution in [0.3, 0.4) is 0 Å². The number of hydrogen-bond acceptors (Lipinski definition) is 4. The Morgan fingerprint density at radius 1 is 1.05 bits per heavy atom. The van der Waals surface area contributed by atoms with Crippen molar-refractivity contribution in [3.05, 3.63) is 46.7 Å². The highest BCUT2D eigenvalue weighted by molar-refractivity contribution is 6.28. The van der Waals surface area contributed by atoms with E-state index in [0.29, 0.717) is 5.56 Å². The molecular formula is C14H11NO4. The minimum atomic E-state index is -1.30. The lowest BCUT2D eigenvalue weighted by molar-refractivity contribution is -0.131. The third-order valence-electron chi connectivity index (χ3n) is 3.60. The predicted octanol–water partition coefficient (Wildman–Crippen LogP) is 0.447. The van der Waals surface area contributed by atoms with Crippen molar-refractivity contribution in [2.24, 2.45) is 5.92 Å². The van der Waals surface area contributed by atoms with Crippen molar-refractivity contribution in [3.8, 4) is 0 Å². The summed E-state index contributed by atoms with van der Waals surface area (Å²) in [5, 5.41) is 12.1. The second-order valence-electron chi connectivity index (χ2n) is 4.72. The van der Waals surface area contributed by atoms with Gasteiger partial charge in [0.2, 0.25) is 5.78 Å². The maximum Gasteiger partial charge on any atom is 0.253 e. The molecular weight excluding hydrogens is 246 g/mol. The van der Waals surface area contributed by atoms with E-state index >= 15 is 0 Å². The van der Waals surface area contributed by atoms with E-state index < -0.39 is 17.9 Å². The maximum atomic E-state index is 12.4. The molecule has 1 aromatic rings. The van der Waals surface area contributed by atoms with Crippen molar-refractivity contribution < 1.29 is 19.5 Å². The summed E-state index contributed by atoms with van der Waals surface area (Å²) in [6.07, 6.45) is -1.30. The van der Waals surface area contributed by atoms with Crippen LogP contribution >= 0.6 is 0 Å². The number of fused-ring (bicyclic) bond motifs is 1. The molecule has 5 heteroatoms. The summed E-state index contributed by atoms with van der Waals surface area (Å²) in [7, 11) is 0. The van der Waals surface area contributed by atoms with Gasteiger partial charge in [-0.05, 0) is 0 Å². The number of Topliss-reactive ketones (excluding diaryl/α,β-unsaturated/α-hetero) is 2. The van der Waals surface area contributed by atoms with Gasteiger partial charge in [0.15, 0.2) is 5.78 Å². The van der Waals surface area contributed by atoms with E-state index in [2.05, 4.69) is 5.32 Å². The highest BCUT2D eigenvalue weighted by Gasteiger charge is 2.42. The van der Waals surface area contributed by atoms with Gasteiger partial charge in [-0.2, -0.15) is 0 Å². The molecule has 0 unspecified atom stereocenters. The first kappa shape index (κ1) is 11.8. The minimum absolute atomic E-state index is 0.00602. The third-order valence-corrected chi connectivity index (χ3v) is 3.60. The van der Waals surface area contributed by atoms with Gasteiger partial charge in [-0.15, -0.1) is 0 Å². The lowest BCUT2D eigenvalue weighted by atomic mass is 9.78. The van der Waals surface area contributed by atoms with E-state index in [-0.39, 0.29) is 28.4 Å². The molecule has 0 bridgehead atoms. The first-order chi connectivity index (χ1) is 9.02. The number of carbonyl (C=O) groups is 3. The summed E-state index contributed by atoms with van der Waals surface area (Å²) < 4.78 is 0. The molecule has 1 heterocycles. The number of ketones is 2. The van der Waals surface area contributed by atoms with Crippen LogP contribution in [0, 0.1) is 5.92 Å². The zero-order valence-electron chi connectivity index (χ0n) is 10.1. The molecule has 1 aromatic carbocycles. The fourth-order valence-corrected chi connectivity index (χ4v) is 2.54. The van der Waals surface area contributed by atoms with Crippen LogP contribution in [0.25, 0.3) is 0 Å². The van der Waals surface area contributed by atoms with Gasteiger partial charge in [0.1, 0.15) is 6.10 Å². The molecule has 0 spiro atoms. The maximum absolute atomic E-state index is 12.4. The SMILES string of the molecule is C[C@H]1C2=C(NC(=O)[C@H]1O)C(=O)c1ccccc1C2=O. The zero-order valence-corrected chi connectivity index (χ0v) is 10.1. The molecule has 1 aliphatic carbocycles. The van der Waals surface area contributed by atoms with Gasteiger partial charge in [-0.1, -0.05) is 31.2 Å². The van der Waals surface area contributed by atoms with Crippen molar-refractivity contribution in [3.63, 3.8) is 0 Å². The van der Waals surface area contributed by atoms with Crippen LogP contribution in [0.4, 0.5) is 0 Å². The Bertz CT molecular complexity index is 659. The fourth-order valence-electron chi connectivity index (χ4n) is 2.54. The van der Waals surface area contributed by atoms with E-state index in [1.807, 2.05) is 0 Å². The van der Waals surface area contributed by atoms with Crippen LogP contribution in [0.5, 0.6) is 0 Å². The van der Waals surface area contributed by atoms with Crippen LogP contribution in [0.1, 0.15) is 27.6 Å². The number of hydrogen-bond donors (Lipinski definition) is 2. The largest absolute Gasteiger partial charge is 0.383 e. The third kappa shape index (κ3) is 1.48. The Hall–Kier alpha value is -2.27. The summed E-state index contributed by atoms with van der Waals surface area (Å²) in [5.74, 6) is -2.02. The van der Waals surface area contributed by atoms with Crippen molar-refractivity contribution in [2.75, 3.05) is 0 Å². The van der Waals surface area contributed by atoms with Gasteiger partial charge < -0.3 is 10.4 Å². The summed E-state index contributed by atoms with van der Waals surface area (Å²) >= 11 is 0. The first-order valence-corrected chi connectivity index (χ1v) is 5.94. The molecule has 0 fully saturated rings. The summed E-state index contributed by atoms with van der Waals surface area (Å²) in [6, 6.07) is 6.48. The van der Waals surface area contributed by atoms with Gasteiger partial charge in [0, 0.05) is 22.6 Å². The van der Waals surface area contributed by atoms with E-state index in [0.717, 1.165) is 0 Å². The smallest absolute Gasteiger partial charge is 0.253 e. The molecule has 5 nitrogen and oxygen atoms in total. The summed E-state index contributed by atoms with van der Waals surface area (Å²) in [6.45, 7) is 1.57. The molecule has 96 valence electrons. The van der Waals surface area contributed by atoms with Gasteiger partial charge in [0.25, 0.3) is 5.91 Å². The molecule has 0 saturated heterocycles. The van der Waals surface area contributed by atoms with Crippen LogP contribution < -0.4 is 5.32 Å². The molecule has 2 atom stereocenters. The highest BCUT2D eigenvalue weighted by Crippen LogP contribution is 2.33. The van der Waals surface area contributed by atoms with Gasteiger partial charge in [-0.3, -0.25) is 14.4 Å². The zero-order chi connectivity index (χ0) is 13.7. The lowest BCUT2D eigenvalue weighted by Gasteiger charge is -2.31. The van der Waals surface area contributed by atoms with Crippen molar-refractivity contribution in [1.29, 1.82) is 0 Å². The van der Waals surface area contributed by atoms with Gasteiger partial charge >= 0.3 is 0 Å². The second kappa shape index (κ2) is 3.86. The number of carbonyl (C=O) groups excluding carboxylic acids is 3. The molecule has 19 heavy (non-hydrogen) atoms. The highest BCUT2D eigenvalue weighted by atomic mass is 16.3. The van der Waals surface area contributed by atoms with Gasteiger partial charge in [0.05, 0.1) is 5.70 Å². The number of rotatable bonds is 0. The van der Waals surface area contributed by atoms with Crippen LogP contribution in [0.15, 0.2) is 35.5 Å². The molecule has 2 aliphatic rings. The average Bonchev–Trinajstić information content (AvgIpc) is 2.42. The lowest BCUT2D eigenvalue weighted by Crippen LogP contribution is -2.49. The molecule has 1 amide bonds. The number of allylic oxidation sites excluding steroid dienone is 1. The number of amides is 1. The summed E-state index contributed by atoms with van der Waals surface area (Å²) in [5.41, 5.74) is 0.805. The number of aliphatic hydroxyl groups excluding tert-OH is 1. The topological polar surface area (TPSA) is 83.5 Å². The van der Waals surface area contributed by atoms with E-state index in [9.17, 15) is 19.5 Å². The fraction of sp³-hybridized carbons (Fsp3) is 0.214. The van der Waals surface area contributed by atoms with Gasteiger partial charge in [-0.25, -0.2) is 0 Å². The summed E-state index contributed by atoms with van der Waals surface area (Å²) in [4.78, 5) is 36.2. The second-order valence-corrected chi connectivity index (χ2v) is 4.72. The van der Waals surface area contributed by atoms with Crippen molar-refractivity contribution in [2.45, 2.75) is 13.0 Å². The van der Waals surface area contributed by atoms with Crippen molar-refractivity contribution in [1.82, 2.24) is 5.32 Å². The molecule has 0 aromatic heterocycles. The monoisotopic (exact) mass is 257 g/mol. The minimum Gasteiger partial charge on any atom is -0.383 e. The Labute approximate surface area is 108 Å². The van der Waals surface area contributed by atoms with E-state index in [1.165, 1.54) is 0 Å². The first-order valence-electron chi connectivity index (χ1n) is 5.94.